The van der Waals surface area contributed by atoms with Gasteiger partial charge in [0.25, 0.3) is 0 Å². The Balaban J connectivity index is 2.11. The van der Waals surface area contributed by atoms with Gasteiger partial charge in [-0.2, -0.15) is 0 Å². The molecule has 0 saturated carbocycles. The van der Waals surface area contributed by atoms with Crippen LogP contribution in [0.15, 0.2) is 17.8 Å². The third-order valence-electron chi connectivity index (χ3n) is 3.55. The Morgan fingerprint density at radius 3 is 2.90 bits per heavy atom. The lowest BCUT2D eigenvalue weighted by atomic mass is 9.94. The quantitative estimate of drug-likeness (QED) is 0.813. The summed E-state index contributed by atoms with van der Waals surface area (Å²) < 4.78 is 8.01. The minimum absolute atomic E-state index is 0.193. The van der Waals surface area contributed by atoms with Crippen molar-refractivity contribution >= 4 is 16.3 Å². The van der Waals surface area contributed by atoms with Crippen LogP contribution in [-0.2, 0) is 11.2 Å². The molecule has 1 atom stereocenters. The number of hydrogen-bond donors (Lipinski definition) is 1. The highest BCUT2D eigenvalue weighted by atomic mass is 32.1. The van der Waals surface area contributed by atoms with Crippen LogP contribution in [0.5, 0.6) is 0 Å². The van der Waals surface area contributed by atoms with E-state index in [2.05, 4.69) is 53.2 Å². The maximum Gasteiger partial charge on any atom is 0.193 e. The highest BCUT2D eigenvalue weighted by Gasteiger charge is 2.30. The molecule has 0 bridgehead atoms. The van der Waals surface area contributed by atoms with E-state index in [1.165, 1.54) is 0 Å². The lowest BCUT2D eigenvalue weighted by Gasteiger charge is -2.34. The molecule has 0 amide bonds. The normalized spacial score (nSPS) is 14.0. The molecular weight excluding hydrogens is 270 g/mol. The summed E-state index contributed by atoms with van der Waals surface area (Å²) in [6, 6.07) is 0.270. The van der Waals surface area contributed by atoms with E-state index in [1.54, 1.807) is 11.3 Å². The molecule has 0 spiro atoms. The zero-order chi connectivity index (χ0) is 14.6. The van der Waals surface area contributed by atoms with E-state index in [4.69, 9.17) is 4.74 Å². The van der Waals surface area contributed by atoms with Crippen molar-refractivity contribution in [3.8, 4) is 0 Å². The van der Waals surface area contributed by atoms with Crippen molar-refractivity contribution in [2.45, 2.75) is 52.2 Å². The van der Waals surface area contributed by atoms with E-state index < -0.39 is 0 Å². The van der Waals surface area contributed by atoms with E-state index >= 15 is 0 Å². The first kappa shape index (κ1) is 15.5. The molecular formula is C15H25N3OS. The van der Waals surface area contributed by atoms with Gasteiger partial charge in [0.2, 0.25) is 0 Å². The summed E-state index contributed by atoms with van der Waals surface area (Å²) in [6.07, 6.45) is 6.19. The number of nitrogens with zero attached hydrogens (tertiary/aromatic N) is 2. The summed E-state index contributed by atoms with van der Waals surface area (Å²) in [4.78, 5) is 5.74. The van der Waals surface area contributed by atoms with Gasteiger partial charge in [-0.05, 0) is 33.7 Å². The van der Waals surface area contributed by atoms with E-state index in [1.807, 2.05) is 6.92 Å². The third kappa shape index (κ3) is 3.59. The fraction of sp³-hybridized carbons (Fsp3) is 0.667. The number of nitrogens with one attached hydrogen (secondary N) is 1. The smallest absolute Gasteiger partial charge is 0.193 e. The van der Waals surface area contributed by atoms with Crippen LogP contribution in [0, 0.1) is 0 Å². The van der Waals surface area contributed by atoms with E-state index in [-0.39, 0.29) is 11.6 Å². The first-order valence-electron chi connectivity index (χ1n) is 7.35. The van der Waals surface area contributed by atoms with Crippen molar-refractivity contribution in [2.24, 2.45) is 0 Å². The number of aromatic nitrogens is 2. The molecule has 0 fully saturated rings. The predicted molar refractivity (Wildman–Crippen MR) is 84.6 cm³/mol. The van der Waals surface area contributed by atoms with E-state index in [0.717, 1.165) is 36.6 Å². The topological polar surface area (TPSA) is 38.6 Å². The van der Waals surface area contributed by atoms with E-state index in [0.29, 0.717) is 0 Å². The van der Waals surface area contributed by atoms with Crippen molar-refractivity contribution in [1.82, 2.24) is 14.7 Å². The molecule has 0 aromatic carbocycles. The van der Waals surface area contributed by atoms with Gasteiger partial charge >= 0.3 is 0 Å². The molecule has 20 heavy (non-hydrogen) atoms. The summed E-state index contributed by atoms with van der Waals surface area (Å²) in [5.41, 5.74) is 0.930. The number of imidazole rings is 1. The molecule has 2 aromatic heterocycles. The number of ether oxygens (including phenoxy) is 1. The summed E-state index contributed by atoms with van der Waals surface area (Å²) in [5, 5.41) is 5.67. The van der Waals surface area contributed by atoms with Crippen LogP contribution in [0.3, 0.4) is 0 Å². The highest BCUT2D eigenvalue weighted by Crippen LogP contribution is 2.20. The maximum atomic E-state index is 5.92. The summed E-state index contributed by atoms with van der Waals surface area (Å²) in [7, 11) is 0. The molecule has 112 valence electrons. The van der Waals surface area contributed by atoms with Gasteiger partial charge in [-0.3, -0.25) is 4.40 Å². The molecule has 2 heterocycles. The molecule has 5 heteroatoms. The maximum absolute atomic E-state index is 5.92. The molecule has 4 nitrogen and oxygen atoms in total. The molecule has 0 aliphatic heterocycles. The number of rotatable bonds is 8. The Morgan fingerprint density at radius 2 is 2.25 bits per heavy atom. The second-order valence-electron chi connectivity index (χ2n) is 5.57. The predicted octanol–water partition coefficient (Wildman–Crippen LogP) is 3.12. The Labute approximate surface area is 125 Å². The SMILES string of the molecule is CCCNC(Cc1cn2ccsc2n1)C(C)(C)OCC. The van der Waals surface area contributed by atoms with Crippen LogP contribution >= 0.6 is 11.3 Å². The number of thiazole rings is 1. The zero-order valence-electron chi connectivity index (χ0n) is 12.8. The molecule has 0 aliphatic carbocycles. The molecule has 0 radical (unpaired) electrons. The minimum Gasteiger partial charge on any atom is -0.374 e. The largest absolute Gasteiger partial charge is 0.374 e. The molecule has 0 aliphatic rings. The number of fused-ring (bicyclic) bond motifs is 1. The van der Waals surface area contributed by atoms with E-state index in [9.17, 15) is 0 Å². The Kier molecular flexibility index (Phi) is 5.18. The van der Waals surface area contributed by atoms with Gasteiger partial charge in [-0.15, -0.1) is 11.3 Å². The lowest BCUT2D eigenvalue weighted by Crippen LogP contribution is -2.50. The summed E-state index contributed by atoms with van der Waals surface area (Å²) in [5.74, 6) is 0. The first-order chi connectivity index (χ1) is 9.56. The van der Waals surface area contributed by atoms with Gasteiger partial charge in [0.15, 0.2) is 4.96 Å². The van der Waals surface area contributed by atoms with Crippen molar-refractivity contribution in [3.63, 3.8) is 0 Å². The van der Waals surface area contributed by atoms with Gasteiger partial charge in [-0.1, -0.05) is 6.92 Å². The summed E-state index contributed by atoms with van der Waals surface area (Å²) in [6.45, 7) is 10.3. The second kappa shape index (κ2) is 6.70. The zero-order valence-corrected chi connectivity index (χ0v) is 13.7. The molecule has 2 rings (SSSR count). The fourth-order valence-electron chi connectivity index (χ4n) is 2.44. The van der Waals surface area contributed by atoms with Crippen molar-refractivity contribution < 1.29 is 4.74 Å². The van der Waals surface area contributed by atoms with Gasteiger partial charge in [0.05, 0.1) is 11.3 Å². The standard InChI is InChI=1S/C15H25N3OS/c1-5-7-16-13(15(3,4)19-6-2)10-12-11-18-8-9-20-14(18)17-12/h8-9,11,13,16H,5-7,10H2,1-4H3. The van der Waals surface area contributed by atoms with Crippen LogP contribution in [0.1, 0.15) is 39.8 Å². The Hall–Kier alpha value is -0.910. The van der Waals surface area contributed by atoms with Crippen molar-refractivity contribution in [3.05, 3.63) is 23.5 Å². The Morgan fingerprint density at radius 1 is 1.45 bits per heavy atom. The molecule has 0 saturated heterocycles. The van der Waals surface area contributed by atoms with Crippen LogP contribution < -0.4 is 5.32 Å². The van der Waals surface area contributed by atoms with Crippen LogP contribution in [-0.4, -0.2) is 34.2 Å². The number of hydrogen-bond acceptors (Lipinski definition) is 4. The van der Waals surface area contributed by atoms with Crippen LogP contribution in [0.4, 0.5) is 0 Å². The first-order valence-corrected chi connectivity index (χ1v) is 8.23. The van der Waals surface area contributed by atoms with Gasteiger partial charge in [0, 0.05) is 36.8 Å². The van der Waals surface area contributed by atoms with Gasteiger partial charge in [0.1, 0.15) is 0 Å². The summed E-state index contributed by atoms with van der Waals surface area (Å²) >= 11 is 1.67. The second-order valence-corrected chi connectivity index (χ2v) is 6.45. The lowest BCUT2D eigenvalue weighted by molar-refractivity contribution is -0.0381. The molecule has 2 aromatic rings. The van der Waals surface area contributed by atoms with Crippen molar-refractivity contribution in [1.29, 1.82) is 0 Å². The Bertz CT molecular complexity index is 503. The fourth-order valence-corrected chi connectivity index (χ4v) is 3.16. The third-order valence-corrected chi connectivity index (χ3v) is 4.32. The average Bonchev–Trinajstić information content (AvgIpc) is 2.94. The van der Waals surface area contributed by atoms with Crippen molar-refractivity contribution in [2.75, 3.05) is 13.2 Å². The van der Waals surface area contributed by atoms with Crippen LogP contribution in [0.2, 0.25) is 0 Å². The van der Waals surface area contributed by atoms with Gasteiger partial charge < -0.3 is 10.1 Å². The van der Waals surface area contributed by atoms with Crippen LogP contribution in [0.25, 0.3) is 4.96 Å². The highest BCUT2D eigenvalue weighted by molar-refractivity contribution is 7.15. The minimum atomic E-state index is -0.193. The van der Waals surface area contributed by atoms with Gasteiger partial charge in [-0.25, -0.2) is 4.98 Å². The molecule has 1 N–H and O–H groups in total. The molecule has 1 unspecified atom stereocenters. The average molecular weight is 295 g/mol. The monoisotopic (exact) mass is 295 g/mol.